The first kappa shape index (κ1) is 23.3. The highest BCUT2D eigenvalue weighted by atomic mass is 32.2. The molecule has 2 fully saturated rings. The minimum Gasteiger partial charge on any atom is -0.477 e. The average molecular weight is 460 g/mol. The molecule has 11 heteroatoms. The molecule has 0 spiro atoms. The van der Waals surface area contributed by atoms with Crippen LogP contribution in [0.25, 0.3) is 0 Å². The zero-order valence-corrected chi connectivity index (χ0v) is 19.1. The van der Waals surface area contributed by atoms with Crippen LogP contribution in [-0.4, -0.2) is 78.2 Å². The molecule has 0 aromatic carbocycles. The SMILES string of the molecule is C/C(=C\CNS(C)(=O)=O)[C@@H]1C[C@H](SC2=C(C(=O)O)N3C(=O)[C@H]([C@@H](C)O)[C@H]3[C@H]2C)CN1. The van der Waals surface area contributed by atoms with Crippen molar-refractivity contribution in [1.82, 2.24) is 14.9 Å². The first-order valence-electron chi connectivity index (χ1n) is 9.92. The van der Waals surface area contributed by atoms with Gasteiger partial charge in [-0.25, -0.2) is 17.9 Å². The Morgan fingerprint density at radius 1 is 1.47 bits per heavy atom. The fraction of sp³-hybridized carbons (Fsp3) is 0.684. The first-order chi connectivity index (χ1) is 13.9. The summed E-state index contributed by atoms with van der Waals surface area (Å²) in [4.78, 5) is 26.4. The van der Waals surface area contributed by atoms with Gasteiger partial charge in [-0.3, -0.25) is 4.79 Å². The minimum absolute atomic E-state index is 0.0486. The largest absolute Gasteiger partial charge is 0.477 e. The Hall–Kier alpha value is -1.40. The molecule has 0 unspecified atom stereocenters. The molecular weight excluding hydrogens is 430 g/mol. The van der Waals surface area contributed by atoms with Gasteiger partial charge in [0.1, 0.15) is 5.70 Å². The lowest BCUT2D eigenvalue weighted by atomic mass is 9.79. The molecule has 0 bridgehead atoms. The third kappa shape index (κ3) is 4.45. The Kier molecular flexibility index (Phi) is 6.68. The average Bonchev–Trinajstić information content (AvgIpc) is 3.16. The Labute approximate surface area is 181 Å². The molecule has 30 heavy (non-hydrogen) atoms. The summed E-state index contributed by atoms with van der Waals surface area (Å²) in [5.41, 5.74) is 1.07. The number of amides is 1. The fourth-order valence-corrected chi connectivity index (χ4v) is 6.36. The molecule has 0 aromatic heterocycles. The minimum atomic E-state index is -3.24. The van der Waals surface area contributed by atoms with Crippen molar-refractivity contribution in [3.05, 3.63) is 22.3 Å². The van der Waals surface area contributed by atoms with Crippen LogP contribution >= 0.6 is 11.8 Å². The number of aliphatic hydroxyl groups excluding tert-OH is 1. The van der Waals surface area contributed by atoms with E-state index in [0.29, 0.717) is 11.4 Å². The molecule has 0 radical (unpaired) electrons. The fourth-order valence-electron chi connectivity index (χ4n) is 4.49. The summed E-state index contributed by atoms with van der Waals surface area (Å²) in [5, 5.41) is 23.2. The summed E-state index contributed by atoms with van der Waals surface area (Å²) in [6, 6.07) is -0.224. The van der Waals surface area contributed by atoms with Gasteiger partial charge in [0, 0.05) is 35.2 Å². The van der Waals surface area contributed by atoms with Crippen LogP contribution in [0.1, 0.15) is 27.2 Å². The standard InChI is InChI=1S/C19H29N3O6S2/c1-9(5-6-21-30(4,27)28)13-7-12(8-20-13)29-17-10(2)15-14(11(3)23)18(24)22(15)16(17)19(25)26/h5,10-15,20-21,23H,6-8H2,1-4H3,(H,25,26)/b9-5+/t10-,11-,12+,13+,14-,15-/m1/s1. The number of hydrogen-bond donors (Lipinski definition) is 4. The lowest BCUT2D eigenvalue weighted by molar-refractivity contribution is -0.163. The van der Waals surface area contributed by atoms with Crippen LogP contribution in [0.15, 0.2) is 22.3 Å². The Morgan fingerprint density at radius 2 is 2.13 bits per heavy atom. The molecule has 3 aliphatic rings. The van der Waals surface area contributed by atoms with E-state index >= 15 is 0 Å². The van der Waals surface area contributed by atoms with Gasteiger partial charge in [0.05, 0.1) is 24.3 Å². The molecule has 6 atom stereocenters. The Morgan fingerprint density at radius 3 is 2.70 bits per heavy atom. The molecule has 0 aromatic rings. The monoisotopic (exact) mass is 459 g/mol. The van der Waals surface area contributed by atoms with Crippen LogP contribution in [-0.2, 0) is 19.6 Å². The second-order valence-electron chi connectivity index (χ2n) is 8.28. The normalized spacial score (nSPS) is 33.0. The van der Waals surface area contributed by atoms with Gasteiger partial charge < -0.3 is 20.4 Å². The highest BCUT2D eigenvalue weighted by Gasteiger charge is 2.60. The van der Waals surface area contributed by atoms with Gasteiger partial charge in [0.2, 0.25) is 15.9 Å². The van der Waals surface area contributed by atoms with E-state index in [-0.39, 0.29) is 41.4 Å². The summed E-state index contributed by atoms with van der Waals surface area (Å²) in [7, 11) is -3.24. The number of fused-ring (bicyclic) bond motifs is 1. The summed E-state index contributed by atoms with van der Waals surface area (Å²) in [6.45, 7) is 6.33. The van der Waals surface area contributed by atoms with Crippen LogP contribution in [0.4, 0.5) is 0 Å². The van der Waals surface area contributed by atoms with E-state index in [1.165, 1.54) is 16.7 Å². The number of aliphatic carboxylic acids is 1. The van der Waals surface area contributed by atoms with Crippen LogP contribution in [0.2, 0.25) is 0 Å². The smallest absolute Gasteiger partial charge is 0.353 e. The Balaban J connectivity index is 1.68. The number of nitrogens with zero attached hydrogens (tertiary/aromatic N) is 1. The van der Waals surface area contributed by atoms with Crippen molar-refractivity contribution in [2.45, 2.75) is 50.6 Å². The molecule has 9 nitrogen and oxygen atoms in total. The number of thioether (sulfide) groups is 1. The van der Waals surface area contributed by atoms with E-state index in [1.807, 2.05) is 19.9 Å². The van der Waals surface area contributed by atoms with E-state index in [1.54, 1.807) is 6.92 Å². The van der Waals surface area contributed by atoms with Gasteiger partial charge in [0.15, 0.2) is 0 Å². The summed E-state index contributed by atoms with van der Waals surface area (Å²) in [5.74, 6) is -2.15. The number of β-lactam (4-membered cyclic amide) rings is 1. The molecule has 1 amide bonds. The molecule has 0 aliphatic carbocycles. The van der Waals surface area contributed by atoms with Gasteiger partial charge >= 0.3 is 5.97 Å². The number of carboxylic acids is 1. The van der Waals surface area contributed by atoms with E-state index in [0.717, 1.165) is 18.2 Å². The van der Waals surface area contributed by atoms with E-state index in [2.05, 4.69) is 10.0 Å². The van der Waals surface area contributed by atoms with Crippen LogP contribution in [0.5, 0.6) is 0 Å². The van der Waals surface area contributed by atoms with Gasteiger partial charge in [0.25, 0.3) is 0 Å². The van der Waals surface area contributed by atoms with E-state index < -0.39 is 28.0 Å². The number of hydrogen-bond acceptors (Lipinski definition) is 7. The van der Waals surface area contributed by atoms with Crippen molar-refractivity contribution in [3.63, 3.8) is 0 Å². The predicted molar refractivity (Wildman–Crippen MR) is 114 cm³/mol. The first-order valence-corrected chi connectivity index (χ1v) is 12.7. The third-order valence-corrected chi connectivity index (χ3v) is 8.22. The molecular formula is C19H29N3O6S2. The summed E-state index contributed by atoms with van der Waals surface area (Å²) in [6.07, 6.45) is 2.91. The van der Waals surface area contributed by atoms with Crippen molar-refractivity contribution in [3.8, 4) is 0 Å². The molecule has 4 N–H and O–H groups in total. The number of rotatable bonds is 8. The lowest BCUT2D eigenvalue weighted by Crippen LogP contribution is -2.63. The number of aliphatic hydroxyl groups is 1. The topological polar surface area (TPSA) is 136 Å². The highest BCUT2D eigenvalue weighted by Crippen LogP contribution is 2.51. The van der Waals surface area contributed by atoms with Gasteiger partial charge in [-0.1, -0.05) is 18.6 Å². The number of nitrogens with one attached hydrogen (secondary N) is 2. The van der Waals surface area contributed by atoms with Gasteiger partial charge in [-0.15, -0.1) is 11.8 Å². The molecule has 2 saturated heterocycles. The van der Waals surface area contributed by atoms with Crippen LogP contribution < -0.4 is 10.0 Å². The second kappa shape index (κ2) is 8.62. The lowest BCUT2D eigenvalue weighted by Gasteiger charge is -2.46. The van der Waals surface area contributed by atoms with Crippen molar-refractivity contribution < 1.29 is 28.2 Å². The highest BCUT2D eigenvalue weighted by molar-refractivity contribution is 8.03. The maximum Gasteiger partial charge on any atom is 0.353 e. The van der Waals surface area contributed by atoms with Gasteiger partial charge in [-0.2, -0.15) is 0 Å². The van der Waals surface area contributed by atoms with Crippen molar-refractivity contribution in [2.24, 2.45) is 11.8 Å². The molecule has 3 rings (SSSR count). The molecule has 168 valence electrons. The second-order valence-corrected chi connectivity index (χ2v) is 11.5. The van der Waals surface area contributed by atoms with Crippen molar-refractivity contribution >= 4 is 33.7 Å². The predicted octanol–water partition coefficient (Wildman–Crippen LogP) is 0.0993. The van der Waals surface area contributed by atoms with Crippen molar-refractivity contribution in [2.75, 3.05) is 19.3 Å². The maximum absolute atomic E-state index is 12.4. The van der Waals surface area contributed by atoms with Crippen molar-refractivity contribution in [1.29, 1.82) is 0 Å². The Bertz CT molecular complexity index is 898. The molecule has 3 heterocycles. The molecule has 0 saturated carbocycles. The van der Waals surface area contributed by atoms with Gasteiger partial charge in [-0.05, 0) is 20.3 Å². The maximum atomic E-state index is 12.4. The number of carbonyl (C=O) groups is 2. The number of carbonyl (C=O) groups excluding carboxylic acids is 1. The quantitative estimate of drug-likeness (QED) is 0.296. The summed E-state index contributed by atoms with van der Waals surface area (Å²) >= 11 is 1.49. The van der Waals surface area contributed by atoms with Crippen LogP contribution in [0.3, 0.4) is 0 Å². The number of carboxylic acid groups (broad SMARTS) is 1. The van der Waals surface area contributed by atoms with E-state index in [4.69, 9.17) is 0 Å². The zero-order valence-electron chi connectivity index (χ0n) is 17.5. The molecule has 3 aliphatic heterocycles. The van der Waals surface area contributed by atoms with E-state index in [9.17, 15) is 28.2 Å². The number of sulfonamides is 1. The van der Waals surface area contributed by atoms with Crippen LogP contribution in [0, 0.1) is 11.8 Å². The zero-order chi connectivity index (χ0) is 22.4. The third-order valence-electron chi connectivity index (χ3n) is 6.01. The summed E-state index contributed by atoms with van der Waals surface area (Å²) < 4.78 is 24.8.